The zero-order chi connectivity index (χ0) is 13.9. The Morgan fingerprint density at radius 1 is 1.00 bits per heavy atom. The van der Waals surface area contributed by atoms with Gasteiger partial charge < -0.3 is 5.11 Å². The molecule has 1 heterocycles. The molecule has 0 radical (unpaired) electrons. The highest BCUT2D eigenvalue weighted by Gasteiger charge is 2.34. The predicted octanol–water partition coefficient (Wildman–Crippen LogP) is 2.91. The molecule has 3 rings (SSSR count). The van der Waals surface area contributed by atoms with Crippen LogP contribution >= 0.6 is 0 Å². The minimum atomic E-state index is -0.00685. The molecule has 0 saturated heterocycles. The van der Waals surface area contributed by atoms with Crippen LogP contribution in [0.4, 0.5) is 5.69 Å². The Balaban J connectivity index is 2.00. The van der Waals surface area contributed by atoms with Crippen molar-refractivity contribution >= 4 is 11.4 Å². The van der Waals surface area contributed by atoms with Gasteiger partial charge in [0.05, 0.1) is 24.0 Å². The number of hydrogen-bond donors (Lipinski definition) is 1. The molecule has 0 unspecified atom stereocenters. The average molecular weight is 266 g/mol. The number of benzene rings is 2. The smallest absolute Gasteiger partial charge is 0.0838 e. The van der Waals surface area contributed by atoms with Gasteiger partial charge in [0.15, 0.2) is 0 Å². The number of hydrazone groups is 1. The summed E-state index contributed by atoms with van der Waals surface area (Å²) in [7, 11) is 0. The molecule has 0 bridgehead atoms. The lowest BCUT2D eigenvalue weighted by molar-refractivity contribution is 0.250. The Hall–Kier alpha value is -2.13. The lowest BCUT2D eigenvalue weighted by atomic mass is 9.93. The van der Waals surface area contributed by atoms with Crippen molar-refractivity contribution in [3.8, 4) is 0 Å². The van der Waals surface area contributed by atoms with Gasteiger partial charge in [0, 0.05) is 5.92 Å². The maximum atomic E-state index is 9.72. The minimum absolute atomic E-state index is 0.00685. The van der Waals surface area contributed by atoms with E-state index in [1.54, 1.807) is 0 Å². The molecule has 3 nitrogen and oxygen atoms in total. The monoisotopic (exact) mass is 266 g/mol. The van der Waals surface area contributed by atoms with Crippen molar-refractivity contribution in [3.05, 3.63) is 66.2 Å². The van der Waals surface area contributed by atoms with Gasteiger partial charge in [-0.05, 0) is 17.7 Å². The minimum Gasteiger partial charge on any atom is -0.394 e. The first-order chi connectivity index (χ1) is 9.81. The second kappa shape index (κ2) is 5.47. The quantitative estimate of drug-likeness (QED) is 0.927. The van der Waals surface area contributed by atoms with E-state index in [0.717, 1.165) is 17.0 Å². The number of rotatable bonds is 3. The van der Waals surface area contributed by atoms with Gasteiger partial charge in [-0.2, -0.15) is 5.10 Å². The van der Waals surface area contributed by atoms with E-state index in [9.17, 15) is 5.11 Å². The van der Waals surface area contributed by atoms with Crippen molar-refractivity contribution in [2.75, 3.05) is 11.6 Å². The van der Waals surface area contributed by atoms with Crippen molar-refractivity contribution in [3.63, 3.8) is 0 Å². The van der Waals surface area contributed by atoms with Crippen LogP contribution in [0, 0.1) is 5.92 Å². The summed E-state index contributed by atoms with van der Waals surface area (Å²) < 4.78 is 0. The lowest BCUT2D eigenvalue weighted by Gasteiger charge is -2.24. The van der Waals surface area contributed by atoms with Crippen molar-refractivity contribution in [1.29, 1.82) is 0 Å². The standard InChI is InChI=1S/C17H18N2O/c1-13-16(12-20)19(15-10-6-3-7-11-15)18-17(13)14-8-4-2-5-9-14/h2-11,13,16,20H,12H2,1H3/t13-,16-/m1/s1. The summed E-state index contributed by atoms with van der Waals surface area (Å²) in [6.07, 6.45) is 0. The summed E-state index contributed by atoms with van der Waals surface area (Å²) in [5.74, 6) is 0.197. The maximum Gasteiger partial charge on any atom is 0.0838 e. The van der Waals surface area contributed by atoms with E-state index in [1.807, 2.05) is 53.5 Å². The SMILES string of the molecule is C[C@H]1C(c2ccccc2)=NN(c2ccccc2)[C@@H]1CO. The molecule has 2 atom stereocenters. The van der Waals surface area contributed by atoms with Crippen LogP contribution in [0.5, 0.6) is 0 Å². The molecule has 0 fully saturated rings. The molecule has 0 aromatic heterocycles. The normalized spacial score (nSPS) is 21.9. The third-order valence-corrected chi connectivity index (χ3v) is 3.82. The molecule has 2 aromatic rings. The van der Waals surface area contributed by atoms with Gasteiger partial charge in [0.2, 0.25) is 0 Å². The van der Waals surface area contributed by atoms with Crippen LogP contribution < -0.4 is 5.01 Å². The predicted molar refractivity (Wildman–Crippen MR) is 81.9 cm³/mol. The van der Waals surface area contributed by atoms with E-state index in [4.69, 9.17) is 5.10 Å². The molecule has 0 saturated carbocycles. The Labute approximate surface area is 119 Å². The fourth-order valence-electron chi connectivity index (χ4n) is 2.67. The third kappa shape index (κ3) is 2.21. The second-order valence-corrected chi connectivity index (χ2v) is 5.07. The van der Waals surface area contributed by atoms with E-state index in [1.165, 1.54) is 0 Å². The van der Waals surface area contributed by atoms with Crippen LogP contribution in [0.2, 0.25) is 0 Å². The Morgan fingerprint density at radius 3 is 2.20 bits per heavy atom. The highest BCUT2D eigenvalue weighted by molar-refractivity contribution is 6.04. The molecule has 1 aliphatic rings. The summed E-state index contributed by atoms with van der Waals surface area (Å²) in [6.45, 7) is 2.21. The zero-order valence-corrected chi connectivity index (χ0v) is 11.5. The van der Waals surface area contributed by atoms with Crippen LogP contribution in [0.1, 0.15) is 12.5 Å². The number of aliphatic hydroxyl groups is 1. The fraction of sp³-hybridized carbons (Fsp3) is 0.235. The molecular formula is C17H18N2O. The third-order valence-electron chi connectivity index (χ3n) is 3.82. The lowest BCUT2D eigenvalue weighted by Crippen LogP contribution is -2.35. The molecular weight excluding hydrogens is 248 g/mol. The molecule has 1 N–H and O–H groups in total. The molecule has 0 spiro atoms. The highest BCUT2D eigenvalue weighted by atomic mass is 16.3. The van der Waals surface area contributed by atoms with Crippen LogP contribution in [-0.2, 0) is 0 Å². The Kier molecular flexibility index (Phi) is 3.52. The number of anilines is 1. The van der Waals surface area contributed by atoms with Crippen LogP contribution in [0.15, 0.2) is 65.8 Å². The Bertz CT molecular complexity index is 595. The first kappa shape index (κ1) is 12.9. The topological polar surface area (TPSA) is 35.8 Å². The molecule has 2 aromatic carbocycles. The number of para-hydroxylation sites is 1. The summed E-state index contributed by atoms with van der Waals surface area (Å²) >= 11 is 0. The Morgan fingerprint density at radius 2 is 1.60 bits per heavy atom. The van der Waals surface area contributed by atoms with Crippen LogP contribution in [-0.4, -0.2) is 23.5 Å². The second-order valence-electron chi connectivity index (χ2n) is 5.07. The van der Waals surface area contributed by atoms with Gasteiger partial charge in [-0.15, -0.1) is 0 Å². The molecule has 20 heavy (non-hydrogen) atoms. The number of aliphatic hydroxyl groups excluding tert-OH is 1. The molecule has 0 amide bonds. The van der Waals surface area contributed by atoms with Crippen LogP contribution in [0.25, 0.3) is 0 Å². The molecule has 3 heteroatoms. The van der Waals surface area contributed by atoms with Gasteiger partial charge in [-0.1, -0.05) is 55.5 Å². The van der Waals surface area contributed by atoms with E-state index in [2.05, 4.69) is 19.1 Å². The molecule has 1 aliphatic heterocycles. The first-order valence-electron chi connectivity index (χ1n) is 6.90. The average Bonchev–Trinajstić information content (AvgIpc) is 2.86. The number of nitrogens with zero attached hydrogens (tertiary/aromatic N) is 2. The fourth-order valence-corrected chi connectivity index (χ4v) is 2.67. The first-order valence-corrected chi connectivity index (χ1v) is 6.90. The number of hydrogen-bond acceptors (Lipinski definition) is 3. The summed E-state index contributed by atoms with van der Waals surface area (Å²) in [5, 5.41) is 16.4. The van der Waals surface area contributed by atoms with Crippen molar-refractivity contribution in [2.24, 2.45) is 11.0 Å². The van der Waals surface area contributed by atoms with E-state index < -0.39 is 0 Å². The highest BCUT2D eigenvalue weighted by Crippen LogP contribution is 2.30. The van der Waals surface area contributed by atoms with Gasteiger partial charge >= 0.3 is 0 Å². The molecule has 102 valence electrons. The van der Waals surface area contributed by atoms with Gasteiger partial charge in [-0.3, -0.25) is 5.01 Å². The summed E-state index contributed by atoms with van der Waals surface area (Å²) in [6, 6.07) is 20.2. The van der Waals surface area contributed by atoms with Gasteiger partial charge in [0.1, 0.15) is 0 Å². The van der Waals surface area contributed by atoms with Crippen molar-refractivity contribution < 1.29 is 5.11 Å². The van der Waals surface area contributed by atoms with Gasteiger partial charge in [0.25, 0.3) is 0 Å². The summed E-state index contributed by atoms with van der Waals surface area (Å²) in [5.41, 5.74) is 3.18. The largest absolute Gasteiger partial charge is 0.394 e. The van der Waals surface area contributed by atoms with Crippen LogP contribution in [0.3, 0.4) is 0 Å². The van der Waals surface area contributed by atoms with Crippen molar-refractivity contribution in [1.82, 2.24) is 0 Å². The van der Waals surface area contributed by atoms with E-state index in [0.29, 0.717) is 0 Å². The summed E-state index contributed by atoms with van der Waals surface area (Å²) in [4.78, 5) is 0. The maximum absolute atomic E-state index is 9.72. The van der Waals surface area contributed by atoms with E-state index >= 15 is 0 Å². The van der Waals surface area contributed by atoms with Gasteiger partial charge in [-0.25, -0.2) is 0 Å². The zero-order valence-electron chi connectivity index (χ0n) is 11.5. The molecule has 0 aliphatic carbocycles. The van der Waals surface area contributed by atoms with Crippen molar-refractivity contribution in [2.45, 2.75) is 13.0 Å². The van der Waals surface area contributed by atoms with E-state index in [-0.39, 0.29) is 18.6 Å².